The molecule has 0 atom stereocenters. The van der Waals surface area contributed by atoms with Crippen LogP contribution in [-0.2, 0) is 20.9 Å². The molecule has 128 valence electrons. The number of ether oxygens (including phenoxy) is 1. The lowest BCUT2D eigenvalue weighted by molar-refractivity contribution is -0.149. The minimum Gasteiger partial charge on any atom is -0.454 e. The van der Waals surface area contributed by atoms with Gasteiger partial charge in [-0.2, -0.15) is 0 Å². The summed E-state index contributed by atoms with van der Waals surface area (Å²) in [7, 11) is 0. The van der Waals surface area contributed by atoms with E-state index in [0.29, 0.717) is 0 Å². The van der Waals surface area contributed by atoms with E-state index >= 15 is 0 Å². The van der Waals surface area contributed by atoms with E-state index in [9.17, 15) is 9.59 Å². The van der Waals surface area contributed by atoms with E-state index in [1.165, 1.54) is 12.8 Å². The summed E-state index contributed by atoms with van der Waals surface area (Å²) in [5, 5.41) is 2.97. The molecule has 1 heterocycles. The molecule has 1 aliphatic rings. The zero-order valence-corrected chi connectivity index (χ0v) is 13.7. The van der Waals surface area contributed by atoms with Gasteiger partial charge in [-0.05, 0) is 25.0 Å². The predicted molar refractivity (Wildman–Crippen MR) is 90.3 cm³/mol. The summed E-state index contributed by atoms with van der Waals surface area (Å²) in [6, 6.07) is 7.80. The van der Waals surface area contributed by atoms with Gasteiger partial charge in [0.1, 0.15) is 6.54 Å². The van der Waals surface area contributed by atoms with E-state index in [-0.39, 0.29) is 25.1 Å². The fourth-order valence-electron chi connectivity index (χ4n) is 3.16. The fraction of sp³-hybridized carbons (Fsp3) is 0.500. The van der Waals surface area contributed by atoms with Gasteiger partial charge >= 0.3 is 5.97 Å². The predicted octanol–water partition coefficient (Wildman–Crippen LogP) is 2.42. The smallest absolute Gasteiger partial charge is 0.326 e. The molecule has 0 unspecified atom stereocenters. The number of fused-ring (bicyclic) bond motifs is 1. The second-order valence-electron chi connectivity index (χ2n) is 6.28. The molecule has 6 nitrogen and oxygen atoms in total. The number of hydrogen-bond donors (Lipinski definition) is 1. The second-order valence-corrected chi connectivity index (χ2v) is 6.28. The Morgan fingerprint density at radius 3 is 2.71 bits per heavy atom. The molecule has 0 aliphatic heterocycles. The van der Waals surface area contributed by atoms with Crippen molar-refractivity contribution in [3.8, 4) is 0 Å². The molecular weight excluding hydrogens is 306 g/mol. The topological polar surface area (TPSA) is 73.2 Å². The average Bonchev–Trinajstić information content (AvgIpc) is 2.81. The van der Waals surface area contributed by atoms with Crippen molar-refractivity contribution in [2.24, 2.45) is 0 Å². The number of rotatable bonds is 5. The summed E-state index contributed by atoms with van der Waals surface area (Å²) >= 11 is 0. The molecule has 1 aromatic carbocycles. The second kappa shape index (κ2) is 7.95. The van der Waals surface area contributed by atoms with Gasteiger partial charge in [-0.25, -0.2) is 4.98 Å². The molecule has 24 heavy (non-hydrogen) atoms. The molecule has 1 N–H and O–H groups in total. The number of amides is 1. The highest BCUT2D eigenvalue weighted by Gasteiger charge is 2.16. The number of aromatic nitrogens is 2. The lowest BCUT2D eigenvalue weighted by Crippen LogP contribution is -2.37. The van der Waals surface area contributed by atoms with Crippen molar-refractivity contribution in [3.63, 3.8) is 0 Å². The van der Waals surface area contributed by atoms with E-state index in [1.807, 2.05) is 24.3 Å². The molecule has 3 rings (SSSR count). The van der Waals surface area contributed by atoms with Gasteiger partial charge in [-0.1, -0.05) is 37.8 Å². The molecule has 1 fully saturated rings. The number of hydrogen-bond acceptors (Lipinski definition) is 4. The standard InChI is InChI=1S/C18H23N3O3/c22-17(20-14-7-3-1-2-4-8-14)12-24-18(23)11-21-13-19-15-9-5-6-10-16(15)21/h5-6,9-10,13-14H,1-4,7-8,11-12H2,(H,20,22). The van der Waals surface area contributed by atoms with Crippen molar-refractivity contribution >= 4 is 22.9 Å². The van der Waals surface area contributed by atoms with Crippen molar-refractivity contribution in [3.05, 3.63) is 30.6 Å². The number of nitrogens with one attached hydrogen (secondary N) is 1. The van der Waals surface area contributed by atoms with Crippen LogP contribution in [0.15, 0.2) is 30.6 Å². The normalized spacial score (nSPS) is 15.8. The quantitative estimate of drug-likeness (QED) is 0.675. The highest BCUT2D eigenvalue weighted by molar-refractivity contribution is 5.81. The van der Waals surface area contributed by atoms with E-state index in [4.69, 9.17) is 4.74 Å². The highest BCUT2D eigenvalue weighted by Crippen LogP contribution is 2.17. The van der Waals surface area contributed by atoms with Crippen LogP contribution in [0.4, 0.5) is 0 Å². The Morgan fingerprint density at radius 1 is 1.17 bits per heavy atom. The molecule has 6 heteroatoms. The number of carbonyl (C=O) groups excluding carboxylic acids is 2. The third kappa shape index (κ3) is 4.34. The van der Waals surface area contributed by atoms with Gasteiger partial charge < -0.3 is 14.6 Å². The van der Waals surface area contributed by atoms with E-state index < -0.39 is 5.97 Å². The summed E-state index contributed by atoms with van der Waals surface area (Å²) in [6.07, 6.45) is 8.41. The maximum absolute atomic E-state index is 12.0. The number of esters is 1. The van der Waals surface area contributed by atoms with Crippen LogP contribution < -0.4 is 5.32 Å². The van der Waals surface area contributed by atoms with Crippen molar-refractivity contribution < 1.29 is 14.3 Å². The maximum atomic E-state index is 12.0. The summed E-state index contributed by atoms with van der Waals surface area (Å²) in [4.78, 5) is 28.1. The summed E-state index contributed by atoms with van der Waals surface area (Å²) in [5.41, 5.74) is 1.70. The summed E-state index contributed by atoms with van der Waals surface area (Å²) in [5.74, 6) is -0.653. The van der Waals surface area contributed by atoms with E-state index in [2.05, 4.69) is 10.3 Å². The van der Waals surface area contributed by atoms with Gasteiger partial charge in [0.25, 0.3) is 5.91 Å². The van der Waals surface area contributed by atoms with Gasteiger partial charge in [0, 0.05) is 6.04 Å². The third-order valence-electron chi connectivity index (χ3n) is 4.41. The monoisotopic (exact) mass is 329 g/mol. The first kappa shape index (κ1) is 16.5. The Kier molecular flexibility index (Phi) is 5.46. The van der Waals surface area contributed by atoms with Gasteiger partial charge in [0.2, 0.25) is 0 Å². The van der Waals surface area contributed by atoms with Crippen LogP contribution in [0.25, 0.3) is 11.0 Å². The first-order valence-corrected chi connectivity index (χ1v) is 8.57. The Labute approximate surface area is 141 Å². The zero-order chi connectivity index (χ0) is 16.8. The average molecular weight is 329 g/mol. The molecule has 0 bridgehead atoms. The van der Waals surface area contributed by atoms with Gasteiger partial charge in [-0.15, -0.1) is 0 Å². The Hall–Kier alpha value is -2.37. The van der Waals surface area contributed by atoms with Crippen LogP contribution in [0.2, 0.25) is 0 Å². The van der Waals surface area contributed by atoms with Crippen molar-refractivity contribution in [2.75, 3.05) is 6.61 Å². The minimum absolute atomic E-state index is 0.0528. The number of nitrogens with zero attached hydrogens (tertiary/aromatic N) is 2. The Balaban J connectivity index is 1.45. The molecule has 1 amide bonds. The lowest BCUT2D eigenvalue weighted by Gasteiger charge is -2.16. The minimum atomic E-state index is -0.436. The maximum Gasteiger partial charge on any atom is 0.326 e. The highest BCUT2D eigenvalue weighted by atomic mass is 16.5. The molecule has 0 radical (unpaired) electrons. The fourth-order valence-corrected chi connectivity index (χ4v) is 3.16. The number of imidazole rings is 1. The van der Waals surface area contributed by atoms with Crippen LogP contribution in [0, 0.1) is 0 Å². The third-order valence-corrected chi connectivity index (χ3v) is 4.41. The Morgan fingerprint density at radius 2 is 1.92 bits per heavy atom. The number of carbonyl (C=O) groups is 2. The lowest BCUT2D eigenvalue weighted by atomic mass is 10.1. The van der Waals surface area contributed by atoms with Gasteiger partial charge in [-0.3, -0.25) is 9.59 Å². The van der Waals surface area contributed by atoms with E-state index in [1.54, 1.807) is 10.9 Å². The van der Waals surface area contributed by atoms with E-state index in [0.717, 1.165) is 36.7 Å². The first-order chi connectivity index (χ1) is 11.7. The summed E-state index contributed by atoms with van der Waals surface area (Å²) < 4.78 is 6.82. The first-order valence-electron chi connectivity index (χ1n) is 8.57. The zero-order valence-electron chi connectivity index (χ0n) is 13.7. The molecule has 1 saturated carbocycles. The van der Waals surface area contributed by atoms with Crippen molar-refractivity contribution in [2.45, 2.75) is 51.1 Å². The molecule has 2 aromatic rings. The molecule has 0 spiro atoms. The van der Waals surface area contributed by atoms with Gasteiger partial charge in [0.05, 0.1) is 17.4 Å². The van der Waals surface area contributed by atoms with Crippen LogP contribution >= 0.6 is 0 Å². The Bertz CT molecular complexity index is 702. The van der Waals surface area contributed by atoms with Crippen LogP contribution in [0.5, 0.6) is 0 Å². The largest absolute Gasteiger partial charge is 0.454 e. The molecule has 1 aromatic heterocycles. The molecule has 0 saturated heterocycles. The number of para-hydroxylation sites is 2. The van der Waals surface area contributed by atoms with Crippen LogP contribution in [0.3, 0.4) is 0 Å². The van der Waals surface area contributed by atoms with Crippen LogP contribution in [0.1, 0.15) is 38.5 Å². The number of benzene rings is 1. The van der Waals surface area contributed by atoms with Crippen molar-refractivity contribution in [1.29, 1.82) is 0 Å². The SMILES string of the molecule is O=C(COC(=O)Cn1cnc2ccccc21)NC1CCCCCC1. The summed E-state index contributed by atoms with van der Waals surface area (Å²) in [6.45, 7) is -0.167. The molecular formula is C18H23N3O3. The van der Waals surface area contributed by atoms with Crippen molar-refractivity contribution in [1.82, 2.24) is 14.9 Å². The van der Waals surface area contributed by atoms with Crippen LogP contribution in [-0.4, -0.2) is 34.1 Å². The molecule has 1 aliphatic carbocycles. The van der Waals surface area contributed by atoms with Gasteiger partial charge in [0.15, 0.2) is 6.61 Å².